The van der Waals surface area contributed by atoms with Crippen molar-refractivity contribution in [3.63, 3.8) is 0 Å². The first-order valence-electron chi connectivity index (χ1n) is 12.0. The fraction of sp³-hybridized carbons (Fsp3) is 0.286. The van der Waals surface area contributed by atoms with Crippen LogP contribution in [0.4, 0.5) is 5.69 Å². The SMILES string of the molecule is CCN(C)CCNC(=O)c1c(C)[nH]c(/C=C2\C(=O)Nc3ccc(SCc4ccc(Br)cc4)cc32)c1C. The predicted molar refractivity (Wildman–Crippen MR) is 152 cm³/mol. The van der Waals surface area contributed by atoms with Gasteiger partial charge in [0.1, 0.15) is 0 Å². The number of carbonyl (C=O) groups excluding carboxylic acids is 2. The quantitative estimate of drug-likeness (QED) is 0.224. The second-order valence-electron chi connectivity index (χ2n) is 8.95. The van der Waals surface area contributed by atoms with E-state index in [4.69, 9.17) is 0 Å². The second-order valence-corrected chi connectivity index (χ2v) is 10.9. The molecule has 2 heterocycles. The smallest absolute Gasteiger partial charge is 0.256 e. The van der Waals surface area contributed by atoms with Gasteiger partial charge in [0.2, 0.25) is 0 Å². The van der Waals surface area contributed by atoms with Crippen molar-refractivity contribution in [1.29, 1.82) is 0 Å². The number of nitrogens with one attached hydrogen (secondary N) is 3. The normalized spacial score (nSPS) is 13.8. The maximum absolute atomic E-state index is 12.9. The number of aryl methyl sites for hydroxylation is 1. The summed E-state index contributed by atoms with van der Waals surface area (Å²) in [6.07, 6.45) is 1.86. The van der Waals surface area contributed by atoms with Crippen molar-refractivity contribution in [2.45, 2.75) is 31.4 Å². The van der Waals surface area contributed by atoms with Crippen LogP contribution < -0.4 is 10.6 Å². The minimum atomic E-state index is -0.139. The van der Waals surface area contributed by atoms with Crippen LogP contribution in [0.1, 0.15) is 45.4 Å². The minimum Gasteiger partial charge on any atom is -0.358 e. The van der Waals surface area contributed by atoms with Crippen molar-refractivity contribution in [2.24, 2.45) is 0 Å². The number of hydrogen-bond acceptors (Lipinski definition) is 4. The van der Waals surface area contributed by atoms with Crippen molar-refractivity contribution in [1.82, 2.24) is 15.2 Å². The molecule has 0 bridgehead atoms. The van der Waals surface area contributed by atoms with Crippen LogP contribution in [0.3, 0.4) is 0 Å². The van der Waals surface area contributed by atoms with Gasteiger partial charge in [-0.3, -0.25) is 9.59 Å². The number of likely N-dealkylation sites (N-methyl/N-ethyl adjacent to an activating group) is 1. The highest BCUT2D eigenvalue weighted by Gasteiger charge is 2.26. The van der Waals surface area contributed by atoms with E-state index in [-0.39, 0.29) is 11.8 Å². The molecule has 2 aromatic carbocycles. The van der Waals surface area contributed by atoms with Crippen molar-refractivity contribution in [3.8, 4) is 0 Å². The van der Waals surface area contributed by atoms with E-state index in [0.29, 0.717) is 17.7 Å². The van der Waals surface area contributed by atoms with Crippen molar-refractivity contribution < 1.29 is 9.59 Å². The number of carbonyl (C=O) groups is 2. The number of anilines is 1. The number of nitrogens with zero attached hydrogens (tertiary/aromatic N) is 1. The van der Waals surface area contributed by atoms with Crippen LogP contribution in [0.5, 0.6) is 0 Å². The Balaban J connectivity index is 1.54. The van der Waals surface area contributed by atoms with Crippen LogP contribution in [0, 0.1) is 13.8 Å². The first-order chi connectivity index (χ1) is 17.3. The standard InChI is InChI=1S/C28H31BrN4O2S/c1-5-33(4)13-12-30-28(35)26-17(2)25(31-18(26)3)15-23-22-14-21(10-11-24(22)32-27(23)34)36-16-19-6-8-20(29)9-7-19/h6-11,14-15,31H,5,12-13,16H2,1-4H3,(H,30,35)(H,32,34)/b23-15-. The first-order valence-corrected chi connectivity index (χ1v) is 13.7. The Bertz CT molecular complexity index is 1310. The molecular weight excluding hydrogens is 536 g/mol. The van der Waals surface area contributed by atoms with Gasteiger partial charge in [0.05, 0.1) is 11.1 Å². The molecule has 1 aromatic heterocycles. The number of fused-ring (bicyclic) bond motifs is 1. The van der Waals surface area contributed by atoms with Gasteiger partial charge in [0.25, 0.3) is 11.8 Å². The lowest BCUT2D eigenvalue weighted by atomic mass is 10.0. The Hall–Kier alpha value is -2.81. The van der Waals surface area contributed by atoms with E-state index < -0.39 is 0 Å². The van der Waals surface area contributed by atoms with Crippen molar-refractivity contribution in [3.05, 3.63) is 80.6 Å². The molecule has 0 aliphatic carbocycles. The zero-order chi connectivity index (χ0) is 25.8. The van der Waals surface area contributed by atoms with Crippen LogP contribution in [0.2, 0.25) is 0 Å². The van der Waals surface area contributed by atoms with Gasteiger partial charge in [0, 0.05) is 50.8 Å². The van der Waals surface area contributed by atoms with Gasteiger partial charge in [-0.2, -0.15) is 0 Å². The van der Waals surface area contributed by atoms with E-state index in [1.54, 1.807) is 11.8 Å². The molecule has 4 rings (SSSR count). The first kappa shape index (κ1) is 26.3. The molecule has 188 valence electrons. The van der Waals surface area contributed by atoms with Gasteiger partial charge >= 0.3 is 0 Å². The molecule has 6 nitrogen and oxygen atoms in total. The zero-order valence-corrected chi connectivity index (χ0v) is 23.4. The third kappa shape index (κ3) is 5.94. The molecular formula is C28H31BrN4O2S. The molecule has 36 heavy (non-hydrogen) atoms. The van der Waals surface area contributed by atoms with E-state index in [1.165, 1.54) is 5.56 Å². The van der Waals surface area contributed by atoms with Gasteiger partial charge in [-0.1, -0.05) is 35.0 Å². The van der Waals surface area contributed by atoms with Gasteiger partial charge in [-0.05, 0) is 75.0 Å². The maximum atomic E-state index is 12.9. The number of hydrogen-bond donors (Lipinski definition) is 3. The predicted octanol–water partition coefficient (Wildman–Crippen LogP) is 5.86. The Morgan fingerprint density at radius 1 is 1.17 bits per heavy atom. The number of thioether (sulfide) groups is 1. The maximum Gasteiger partial charge on any atom is 0.256 e. The second kappa shape index (κ2) is 11.5. The minimum absolute atomic E-state index is 0.0988. The number of rotatable bonds is 9. The number of benzene rings is 2. The Labute approximate surface area is 225 Å². The monoisotopic (exact) mass is 566 g/mol. The lowest BCUT2D eigenvalue weighted by Crippen LogP contribution is -2.33. The molecule has 0 atom stereocenters. The van der Waals surface area contributed by atoms with E-state index in [2.05, 4.69) is 61.6 Å². The molecule has 3 aromatic rings. The molecule has 0 unspecified atom stereocenters. The molecule has 1 aliphatic heterocycles. The highest BCUT2D eigenvalue weighted by Crippen LogP contribution is 2.37. The zero-order valence-electron chi connectivity index (χ0n) is 21.0. The van der Waals surface area contributed by atoms with Gasteiger partial charge < -0.3 is 20.5 Å². The molecule has 0 fully saturated rings. The lowest BCUT2D eigenvalue weighted by Gasteiger charge is -2.14. The number of aromatic nitrogens is 1. The highest BCUT2D eigenvalue weighted by atomic mass is 79.9. The van der Waals surface area contributed by atoms with E-state index >= 15 is 0 Å². The van der Waals surface area contributed by atoms with Crippen molar-refractivity contribution in [2.75, 3.05) is 32.0 Å². The number of amides is 2. The van der Waals surface area contributed by atoms with E-state index in [9.17, 15) is 9.59 Å². The summed E-state index contributed by atoms with van der Waals surface area (Å²) in [5.41, 5.74) is 6.55. The Kier molecular flexibility index (Phi) is 8.39. The highest BCUT2D eigenvalue weighted by molar-refractivity contribution is 9.10. The molecule has 3 N–H and O–H groups in total. The Morgan fingerprint density at radius 3 is 2.64 bits per heavy atom. The molecule has 0 saturated heterocycles. The average Bonchev–Trinajstić information content (AvgIpc) is 3.32. The van der Waals surface area contributed by atoms with Gasteiger partial charge in [0.15, 0.2) is 0 Å². The molecule has 1 aliphatic rings. The molecule has 2 amide bonds. The summed E-state index contributed by atoms with van der Waals surface area (Å²) in [4.78, 5) is 32.3. The van der Waals surface area contributed by atoms with E-state index in [1.807, 2.05) is 51.2 Å². The van der Waals surface area contributed by atoms with Crippen LogP contribution in [0.25, 0.3) is 11.6 Å². The summed E-state index contributed by atoms with van der Waals surface area (Å²) in [6, 6.07) is 14.3. The summed E-state index contributed by atoms with van der Waals surface area (Å²) in [5, 5.41) is 5.97. The Morgan fingerprint density at radius 2 is 1.92 bits per heavy atom. The number of H-pyrrole nitrogens is 1. The molecule has 0 spiro atoms. The summed E-state index contributed by atoms with van der Waals surface area (Å²) in [6.45, 7) is 8.21. The lowest BCUT2D eigenvalue weighted by molar-refractivity contribution is -0.110. The van der Waals surface area contributed by atoms with Crippen LogP contribution in [-0.2, 0) is 10.5 Å². The van der Waals surface area contributed by atoms with Gasteiger partial charge in [-0.15, -0.1) is 11.8 Å². The average molecular weight is 568 g/mol. The van der Waals surface area contributed by atoms with E-state index in [0.717, 1.165) is 56.4 Å². The molecule has 8 heteroatoms. The molecule has 0 saturated carbocycles. The topological polar surface area (TPSA) is 77.2 Å². The summed E-state index contributed by atoms with van der Waals surface area (Å²) in [5.74, 6) is 0.604. The fourth-order valence-electron chi connectivity index (χ4n) is 4.16. The summed E-state index contributed by atoms with van der Waals surface area (Å²) < 4.78 is 1.06. The number of halogens is 1. The largest absolute Gasteiger partial charge is 0.358 e. The number of aromatic amines is 1. The van der Waals surface area contributed by atoms with Crippen LogP contribution in [0.15, 0.2) is 51.8 Å². The van der Waals surface area contributed by atoms with Crippen LogP contribution >= 0.6 is 27.7 Å². The summed E-state index contributed by atoms with van der Waals surface area (Å²) >= 11 is 5.21. The third-order valence-corrected chi connectivity index (χ3v) is 8.00. The third-order valence-electron chi connectivity index (χ3n) is 6.40. The van der Waals surface area contributed by atoms with Crippen molar-refractivity contribution >= 4 is 56.8 Å². The summed E-state index contributed by atoms with van der Waals surface area (Å²) in [7, 11) is 2.03. The van der Waals surface area contributed by atoms with Gasteiger partial charge in [-0.25, -0.2) is 0 Å². The molecule has 0 radical (unpaired) electrons. The van der Waals surface area contributed by atoms with Crippen LogP contribution in [-0.4, -0.2) is 48.4 Å². The fourth-order valence-corrected chi connectivity index (χ4v) is 5.31.